The first-order valence-electron chi connectivity index (χ1n) is 15.9. The van der Waals surface area contributed by atoms with Crippen LogP contribution in [0.4, 0.5) is 5.69 Å². The molecule has 2 atom stereocenters. The summed E-state index contributed by atoms with van der Waals surface area (Å²) in [6, 6.07) is 4.05. The molecular weight excluding hydrogens is 527 g/mol. The molecule has 1 rings (SSSR count). The Morgan fingerprint density at radius 2 is 1.32 bits per heavy atom. The summed E-state index contributed by atoms with van der Waals surface area (Å²) in [7, 11) is -0.153. The van der Waals surface area contributed by atoms with E-state index in [1.165, 1.54) is 77.0 Å². The summed E-state index contributed by atoms with van der Waals surface area (Å²) in [5, 5.41) is 0. The van der Waals surface area contributed by atoms with Gasteiger partial charge in [0, 0.05) is 51.6 Å². The number of aromatic nitrogens is 1. The summed E-state index contributed by atoms with van der Waals surface area (Å²) in [5.41, 5.74) is 1.12. The standard InChI is InChI=1S/C31H59N2O6P/c1-5-7-8-9-10-11-12-13-14-15-16-17-18-19-26-37-31(28-36-6-2)29-39-40(34,35)38-27-20-23-33-24-21-30(22-25-33)32(3)4/h21-22,24-25,31H,5-20,23,26-29H2,1-4H3/p+1/t31-/m1/s1. The van der Waals surface area contributed by atoms with Crippen LogP contribution >= 0.6 is 8.17 Å². The van der Waals surface area contributed by atoms with E-state index in [9.17, 15) is 9.79 Å². The van der Waals surface area contributed by atoms with Gasteiger partial charge in [-0.1, -0.05) is 90.4 Å². The highest BCUT2D eigenvalue weighted by atomic mass is 31.2. The van der Waals surface area contributed by atoms with Crippen molar-refractivity contribution in [2.45, 2.75) is 123 Å². The molecule has 0 aliphatic carbocycles. The largest absolute Gasteiger partial charge is 0.606 e. The zero-order chi connectivity index (χ0) is 29.3. The molecule has 0 aromatic carbocycles. The first-order valence-corrected chi connectivity index (χ1v) is 17.3. The molecule has 0 radical (unpaired) electrons. The van der Waals surface area contributed by atoms with Crippen LogP contribution in [0.25, 0.3) is 0 Å². The van der Waals surface area contributed by atoms with Crippen LogP contribution in [0.1, 0.15) is 110 Å². The highest BCUT2D eigenvalue weighted by Gasteiger charge is 2.29. The van der Waals surface area contributed by atoms with E-state index in [0.29, 0.717) is 32.8 Å². The van der Waals surface area contributed by atoms with Gasteiger partial charge in [-0.15, -0.1) is 0 Å². The van der Waals surface area contributed by atoms with Gasteiger partial charge in [0.15, 0.2) is 18.9 Å². The number of anilines is 1. The van der Waals surface area contributed by atoms with E-state index in [4.69, 9.17) is 18.5 Å². The van der Waals surface area contributed by atoms with E-state index in [0.717, 1.165) is 18.5 Å². The Morgan fingerprint density at radius 1 is 0.775 bits per heavy atom. The number of phosphoric ester groups is 1. The average Bonchev–Trinajstić information content (AvgIpc) is 2.94. The van der Waals surface area contributed by atoms with Crippen molar-refractivity contribution in [3.05, 3.63) is 24.5 Å². The minimum atomic E-state index is -4.15. The van der Waals surface area contributed by atoms with Crippen molar-refractivity contribution in [3.8, 4) is 0 Å². The Bertz CT molecular complexity index is 693. The van der Waals surface area contributed by atoms with Gasteiger partial charge in [0.1, 0.15) is 19.3 Å². The molecule has 0 spiro atoms. The van der Waals surface area contributed by atoms with Gasteiger partial charge < -0.3 is 19.3 Å². The van der Waals surface area contributed by atoms with Gasteiger partial charge in [0.05, 0.1) is 6.61 Å². The maximum atomic E-state index is 12.3. The predicted molar refractivity (Wildman–Crippen MR) is 163 cm³/mol. The van der Waals surface area contributed by atoms with Crippen molar-refractivity contribution in [2.75, 3.05) is 52.0 Å². The fourth-order valence-corrected chi connectivity index (χ4v) is 5.27. The second-order valence-corrected chi connectivity index (χ2v) is 12.3. The van der Waals surface area contributed by atoms with E-state index < -0.39 is 14.3 Å². The number of phosphoric acid groups is 1. The number of hydrogen-bond donors (Lipinski definition) is 1. The van der Waals surface area contributed by atoms with Gasteiger partial charge in [-0.05, 0) is 13.3 Å². The molecule has 0 saturated carbocycles. The van der Waals surface area contributed by atoms with E-state index in [2.05, 4.69) is 6.92 Å². The molecule has 8 nitrogen and oxygen atoms in total. The molecule has 0 aliphatic heterocycles. The van der Waals surface area contributed by atoms with Crippen LogP contribution in [-0.4, -0.2) is 58.1 Å². The first-order chi connectivity index (χ1) is 19.4. The first kappa shape index (κ1) is 37.2. The number of unbranched alkanes of at least 4 members (excludes halogenated alkanes) is 13. The summed E-state index contributed by atoms with van der Waals surface area (Å²) in [6.07, 6.45) is 22.6. The van der Waals surface area contributed by atoms with Crippen molar-refractivity contribution >= 4 is 13.9 Å². The molecule has 234 valence electrons. The van der Waals surface area contributed by atoms with Crippen LogP contribution in [0.2, 0.25) is 0 Å². The molecule has 0 aliphatic rings. The second kappa shape index (κ2) is 24.7. The predicted octanol–water partition coefficient (Wildman–Crippen LogP) is 6.40. The lowest BCUT2D eigenvalue weighted by atomic mass is 10.0. The fourth-order valence-electron chi connectivity index (χ4n) is 4.48. The van der Waals surface area contributed by atoms with E-state index in [1.54, 1.807) is 0 Å². The number of pyridine rings is 1. The van der Waals surface area contributed by atoms with E-state index in [1.807, 2.05) is 55.0 Å². The average molecular weight is 588 g/mol. The minimum absolute atomic E-state index is 0.0346. The third-order valence-electron chi connectivity index (χ3n) is 6.99. The Balaban J connectivity index is 2.10. The zero-order valence-electron chi connectivity index (χ0n) is 26.1. The molecule has 0 bridgehead atoms. The van der Waals surface area contributed by atoms with Gasteiger partial charge in [0.25, 0.3) is 0 Å². The Kier molecular flexibility index (Phi) is 23.0. The summed E-state index contributed by atoms with van der Waals surface area (Å²) in [5.74, 6) is 0. The number of rotatable bonds is 28. The van der Waals surface area contributed by atoms with E-state index >= 15 is 0 Å². The van der Waals surface area contributed by atoms with Crippen LogP contribution in [-0.2, 0) is 25.1 Å². The van der Waals surface area contributed by atoms with Crippen molar-refractivity contribution in [1.29, 1.82) is 0 Å². The third kappa shape index (κ3) is 20.9. The third-order valence-corrected chi connectivity index (χ3v) is 7.97. The lowest BCUT2D eigenvalue weighted by molar-refractivity contribution is -0.697. The monoisotopic (exact) mass is 587 g/mol. The molecule has 9 heteroatoms. The molecule has 1 heterocycles. The van der Waals surface area contributed by atoms with Crippen LogP contribution < -0.4 is 14.4 Å². The molecule has 0 amide bonds. The normalized spacial score (nSPS) is 13.8. The van der Waals surface area contributed by atoms with Crippen molar-refractivity contribution in [3.63, 3.8) is 0 Å². The summed E-state index contributed by atoms with van der Waals surface area (Å²) in [6.45, 7) is 6.44. The zero-order valence-corrected chi connectivity index (χ0v) is 27.0. The summed E-state index contributed by atoms with van der Waals surface area (Å²) < 4.78 is 23.8. The maximum absolute atomic E-state index is 12.3. The highest BCUT2D eigenvalue weighted by molar-refractivity contribution is 7.52. The number of ether oxygens (including phenoxy) is 2. The number of hydrogen-bond acceptors (Lipinski definition) is 7. The quantitative estimate of drug-likeness (QED) is 0.0690. The van der Waals surface area contributed by atoms with Gasteiger partial charge in [-0.25, -0.2) is 4.57 Å². The highest BCUT2D eigenvalue weighted by Crippen LogP contribution is 2.47. The molecule has 1 aromatic rings. The van der Waals surface area contributed by atoms with Crippen LogP contribution in [0.5, 0.6) is 0 Å². The maximum Gasteiger partial charge on any atom is 0.376 e. The topological polar surface area (TPSA) is 87.3 Å². The lowest BCUT2D eigenvalue weighted by Gasteiger charge is -2.23. The van der Waals surface area contributed by atoms with Crippen LogP contribution in [0.15, 0.2) is 24.5 Å². The SMILES string of the molecule is CCCCCCCCCCCCCCCCO[C@H](COCC)CO[P+]([O-])(O)OCCC[n+]1ccc(N(C)C)cc1. The summed E-state index contributed by atoms with van der Waals surface area (Å²) in [4.78, 5) is 24.5. The van der Waals surface area contributed by atoms with Crippen molar-refractivity contribution < 1.29 is 32.9 Å². The molecule has 0 saturated heterocycles. The van der Waals surface area contributed by atoms with Gasteiger partial charge in [-0.3, -0.25) is 0 Å². The molecule has 1 aromatic heterocycles. The Morgan fingerprint density at radius 3 is 1.85 bits per heavy atom. The minimum Gasteiger partial charge on any atom is -0.606 e. The molecule has 1 unspecified atom stereocenters. The van der Waals surface area contributed by atoms with Gasteiger partial charge >= 0.3 is 8.17 Å². The van der Waals surface area contributed by atoms with Crippen molar-refractivity contribution in [2.24, 2.45) is 0 Å². The van der Waals surface area contributed by atoms with Crippen LogP contribution in [0, 0.1) is 0 Å². The number of aryl methyl sites for hydroxylation is 1. The van der Waals surface area contributed by atoms with Crippen molar-refractivity contribution in [1.82, 2.24) is 0 Å². The molecule has 1 N–H and O–H groups in total. The number of nitrogens with zero attached hydrogens (tertiary/aromatic N) is 2. The summed E-state index contributed by atoms with van der Waals surface area (Å²) >= 11 is 0. The smallest absolute Gasteiger partial charge is 0.376 e. The van der Waals surface area contributed by atoms with Gasteiger partial charge in [0.2, 0.25) is 0 Å². The van der Waals surface area contributed by atoms with E-state index in [-0.39, 0.29) is 13.2 Å². The fraction of sp³-hybridized carbons (Fsp3) is 0.839. The molecule has 0 fully saturated rings. The second-order valence-electron chi connectivity index (χ2n) is 10.9. The van der Waals surface area contributed by atoms with Crippen LogP contribution in [0.3, 0.4) is 0 Å². The van der Waals surface area contributed by atoms with Gasteiger partial charge in [-0.2, -0.15) is 13.9 Å². The molecule has 40 heavy (non-hydrogen) atoms. The Hall–Kier alpha value is -0.860. The molecular formula is C31H60N2O6P+. The Labute approximate surface area is 246 Å². The lowest BCUT2D eigenvalue weighted by Crippen LogP contribution is -2.33.